The molecule has 0 aliphatic heterocycles. The molecule has 2 heterocycles. The average molecular weight is 342 g/mol. The first-order valence-corrected chi connectivity index (χ1v) is 8.68. The molecule has 0 unspecified atom stereocenters. The highest BCUT2D eigenvalue weighted by Crippen LogP contribution is 2.19. The number of thiophene rings is 1. The summed E-state index contributed by atoms with van der Waals surface area (Å²) in [6, 6.07) is 9.28. The quantitative estimate of drug-likeness (QED) is 0.686. The monoisotopic (exact) mass is 342 g/mol. The van der Waals surface area contributed by atoms with Crippen molar-refractivity contribution in [2.24, 2.45) is 0 Å². The highest BCUT2D eigenvalue weighted by Gasteiger charge is 2.09. The highest BCUT2D eigenvalue weighted by atomic mass is 32.1. The van der Waals surface area contributed by atoms with Crippen LogP contribution >= 0.6 is 11.3 Å². The summed E-state index contributed by atoms with van der Waals surface area (Å²) in [5.74, 6) is 1.01. The lowest BCUT2D eigenvalue weighted by molar-refractivity contribution is 0.0953. The van der Waals surface area contributed by atoms with Crippen LogP contribution in [-0.4, -0.2) is 22.6 Å². The van der Waals surface area contributed by atoms with Crippen molar-refractivity contribution in [1.29, 1.82) is 0 Å². The summed E-state index contributed by atoms with van der Waals surface area (Å²) < 4.78 is 5.24. The van der Waals surface area contributed by atoms with E-state index in [1.807, 2.05) is 35.9 Å². The number of carbonyl (C=O) groups is 1. The van der Waals surface area contributed by atoms with Gasteiger partial charge in [-0.25, -0.2) is 0 Å². The Morgan fingerprint density at radius 1 is 1.33 bits per heavy atom. The normalized spacial score (nSPS) is 10.5. The van der Waals surface area contributed by atoms with Crippen LogP contribution in [0.5, 0.6) is 0 Å². The van der Waals surface area contributed by atoms with Gasteiger partial charge in [0.2, 0.25) is 11.7 Å². The maximum absolute atomic E-state index is 12.0. The highest BCUT2D eigenvalue weighted by molar-refractivity contribution is 7.08. The van der Waals surface area contributed by atoms with Gasteiger partial charge in [0.15, 0.2) is 0 Å². The second-order valence-corrected chi connectivity index (χ2v) is 5.99. The zero-order valence-electron chi connectivity index (χ0n) is 13.3. The molecule has 7 heteroatoms. The minimum Gasteiger partial charge on any atom is -0.376 e. The second-order valence-electron chi connectivity index (χ2n) is 5.21. The number of nitrogens with zero attached hydrogens (tertiary/aromatic N) is 2. The van der Waals surface area contributed by atoms with Gasteiger partial charge in [-0.3, -0.25) is 4.79 Å². The molecule has 3 aromatic rings. The number of aromatic nitrogens is 2. The Bertz CT molecular complexity index is 799. The van der Waals surface area contributed by atoms with E-state index in [1.54, 1.807) is 23.5 Å². The Morgan fingerprint density at radius 3 is 3.04 bits per heavy atom. The van der Waals surface area contributed by atoms with Crippen molar-refractivity contribution in [3.05, 3.63) is 52.5 Å². The van der Waals surface area contributed by atoms with E-state index in [4.69, 9.17) is 4.52 Å². The van der Waals surface area contributed by atoms with Gasteiger partial charge in [0.05, 0.1) is 6.54 Å². The molecule has 2 aromatic heterocycles. The van der Waals surface area contributed by atoms with Crippen LogP contribution in [-0.2, 0) is 6.54 Å². The molecular weight excluding hydrogens is 324 g/mol. The largest absolute Gasteiger partial charge is 0.376 e. The van der Waals surface area contributed by atoms with Gasteiger partial charge in [-0.05, 0) is 36.1 Å². The van der Waals surface area contributed by atoms with Gasteiger partial charge in [0.25, 0.3) is 5.91 Å². The zero-order valence-corrected chi connectivity index (χ0v) is 14.1. The zero-order chi connectivity index (χ0) is 16.8. The topological polar surface area (TPSA) is 80.0 Å². The fourth-order valence-corrected chi connectivity index (χ4v) is 2.76. The molecule has 0 saturated heterocycles. The van der Waals surface area contributed by atoms with Crippen LogP contribution in [0, 0.1) is 0 Å². The van der Waals surface area contributed by atoms with Crippen molar-refractivity contribution in [1.82, 2.24) is 15.5 Å². The van der Waals surface area contributed by atoms with Gasteiger partial charge < -0.3 is 15.2 Å². The first-order valence-electron chi connectivity index (χ1n) is 7.73. The number of hydrogen-bond acceptors (Lipinski definition) is 6. The fourth-order valence-electron chi connectivity index (χ4n) is 2.12. The van der Waals surface area contributed by atoms with E-state index in [0.29, 0.717) is 30.4 Å². The van der Waals surface area contributed by atoms with Crippen molar-refractivity contribution in [3.63, 3.8) is 0 Å². The molecule has 0 atom stereocenters. The van der Waals surface area contributed by atoms with E-state index >= 15 is 0 Å². The third-order valence-electron chi connectivity index (χ3n) is 3.35. The number of hydrogen-bond donors (Lipinski definition) is 2. The van der Waals surface area contributed by atoms with Crippen LogP contribution in [0.4, 0.5) is 5.69 Å². The third-order valence-corrected chi connectivity index (χ3v) is 4.03. The molecule has 1 amide bonds. The molecule has 0 aliphatic rings. The molecule has 124 valence electrons. The smallest absolute Gasteiger partial charge is 0.251 e. The van der Waals surface area contributed by atoms with E-state index in [9.17, 15) is 4.79 Å². The van der Waals surface area contributed by atoms with Crippen molar-refractivity contribution in [3.8, 4) is 11.4 Å². The van der Waals surface area contributed by atoms with Crippen LogP contribution in [0.2, 0.25) is 0 Å². The van der Waals surface area contributed by atoms with Crippen molar-refractivity contribution < 1.29 is 9.32 Å². The van der Waals surface area contributed by atoms with Crippen LogP contribution < -0.4 is 10.6 Å². The SMILES string of the molecule is CCCNC(=O)c1cccc(NCc2nc(-c3ccsc3)no2)c1. The van der Waals surface area contributed by atoms with E-state index in [2.05, 4.69) is 20.8 Å². The number of rotatable bonds is 7. The Hall–Kier alpha value is -2.67. The molecule has 24 heavy (non-hydrogen) atoms. The molecule has 2 N–H and O–H groups in total. The lowest BCUT2D eigenvalue weighted by atomic mass is 10.2. The van der Waals surface area contributed by atoms with Gasteiger partial charge in [0.1, 0.15) is 0 Å². The first-order chi connectivity index (χ1) is 11.8. The molecule has 1 aromatic carbocycles. The van der Waals surface area contributed by atoms with Gasteiger partial charge >= 0.3 is 0 Å². The average Bonchev–Trinajstić information content (AvgIpc) is 3.29. The summed E-state index contributed by atoms with van der Waals surface area (Å²) in [7, 11) is 0. The number of carbonyl (C=O) groups excluding carboxylic acids is 1. The number of benzene rings is 1. The lowest BCUT2D eigenvalue weighted by Crippen LogP contribution is -2.23. The van der Waals surface area contributed by atoms with Crippen molar-refractivity contribution >= 4 is 22.9 Å². The summed E-state index contributed by atoms with van der Waals surface area (Å²) in [6.45, 7) is 3.09. The van der Waals surface area contributed by atoms with E-state index in [-0.39, 0.29) is 5.91 Å². The molecule has 0 saturated carbocycles. The van der Waals surface area contributed by atoms with Gasteiger partial charge in [0, 0.05) is 28.7 Å². The van der Waals surface area contributed by atoms with Crippen LogP contribution in [0.15, 0.2) is 45.6 Å². The van der Waals surface area contributed by atoms with Gasteiger partial charge in [-0.15, -0.1) is 0 Å². The summed E-state index contributed by atoms with van der Waals surface area (Å²) >= 11 is 1.59. The van der Waals surface area contributed by atoms with Gasteiger partial charge in [-0.2, -0.15) is 16.3 Å². The molecule has 6 nitrogen and oxygen atoms in total. The maximum Gasteiger partial charge on any atom is 0.251 e. The Labute approximate surface area is 143 Å². The lowest BCUT2D eigenvalue weighted by Gasteiger charge is -2.07. The molecule has 0 fully saturated rings. The van der Waals surface area contributed by atoms with E-state index in [0.717, 1.165) is 17.7 Å². The minimum absolute atomic E-state index is 0.0713. The number of anilines is 1. The predicted octanol–water partition coefficient (Wildman–Crippen LogP) is 3.55. The summed E-state index contributed by atoms with van der Waals surface area (Å²) in [4.78, 5) is 16.3. The molecule has 0 spiro atoms. The molecular formula is C17H18N4O2S. The van der Waals surface area contributed by atoms with Crippen LogP contribution in [0.1, 0.15) is 29.6 Å². The molecule has 0 aliphatic carbocycles. The number of amides is 1. The van der Waals surface area contributed by atoms with Crippen LogP contribution in [0.25, 0.3) is 11.4 Å². The Balaban J connectivity index is 1.61. The summed E-state index contributed by atoms with van der Waals surface area (Å²) in [5.41, 5.74) is 2.40. The third kappa shape index (κ3) is 3.99. The maximum atomic E-state index is 12.0. The van der Waals surface area contributed by atoms with Crippen LogP contribution in [0.3, 0.4) is 0 Å². The number of nitrogens with one attached hydrogen (secondary N) is 2. The summed E-state index contributed by atoms with van der Waals surface area (Å²) in [5, 5.41) is 14.0. The standard InChI is InChI=1S/C17H18N4O2S/c1-2-7-18-17(22)12-4-3-5-14(9-12)19-10-15-20-16(21-23-15)13-6-8-24-11-13/h3-6,8-9,11,19H,2,7,10H2,1H3,(H,18,22). The van der Waals surface area contributed by atoms with E-state index < -0.39 is 0 Å². The fraction of sp³-hybridized carbons (Fsp3) is 0.235. The predicted molar refractivity (Wildman–Crippen MR) is 94.0 cm³/mol. The van der Waals surface area contributed by atoms with Gasteiger partial charge in [-0.1, -0.05) is 18.1 Å². The van der Waals surface area contributed by atoms with Crippen molar-refractivity contribution in [2.45, 2.75) is 19.9 Å². The van der Waals surface area contributed by atoms with E-state index in [1.165, 1.54) is 0 Å². The minimum atomic E-state index is -0.0713. The second kappa shape index (κ2) is 7.74. The van der Waals surface area contributed by atoms with Crippen molar-refractivity contribution in [2.75, 3.05) is 11.9 Å². The Kier molecular flexibility index (Phi) is 5.22. The Morgan fingerprint density at radius 2 is 2.25 bits per heavy atom. The summed E-state index contributed by atoms with van der Waals surface area (Å²) in [6.07, 6.45) is 0.910. The molecule has 0 radical (unpaired) electrons. The molecule has 3 rings (SSSR count). The molecule has 0 bridgehead atoms. The first kappa shape index (κ1) is 16.2.